The molecule has 1 amide bonds. The van der Waals surface area contributed by atoms with Crippen molar-refractivity contribution in [1.29, 1.82) is 0 Å². The topological polar surface area (TPSA) is 116 Å². The summed E-state index contributed by atoms with van der Waals surface area (Å²) < 4.78 is 2.64. The number of rotatable bonds is 9. The summed E-state index contributed by atoms with van der Waals surface area (Å²) in [5.74, 6) is -0.157. The number of hydrogen-bond acceptors (Lipinski definition) is 5. The number of nitrogens with one attached hydrogen (secondary N) is 1. The van der Waals surface area contributed by atoms with Gasteiger partial charge in [0.05, 0.1) is 22.4 Å². The molecule has 0 saturated heterocycles. The maximum Gasteiger partial charge on any atom is 0.331 e. The van der Waals surface area contributed by atoms with Gasteiger partial charge in [0, 0.05) is 31.6 Å². The molecule has 0 aliphatic rings. The molecular weight excluding hydrogens is 460 g/mol. The van der Waals surface area contributed by atoms with E-state index in [1.54, 1.807) is 36.4 Å². The van der Waals surface area contributed by atoms with Crippen LogP contribution in [0.3, 0.4) is 0 Å². The average molecular weight is 487 g/mol. The first-order valence-corrected chi connectivity index (χ1v) is 11.6. The molecule has 0 fully saturated rings. The highest BCUT2D eigenvalue weighted by molar-refractivity contribution is 5.78. The number of aryl methyl sites for hydroxylation is 1. The van der Waals surface area contributed by atoms with Crippen molar-refractivity contribution in [2.45, 2.75) is 39.4 Å². The van der Waals surface area contributed by atoms with E-state index in [-0.39, 0.29) is 31.1 Å². The fraction of sp³-hybridized carbons (Fsp3) is 0.222. The van der Waals surface area contributed by atoms with Gasteiger partial charge in [-0.25, -0.2) is 4.79 Å². The summed E-state index contributed by atoms with van der Waals surface area (Å²) in [5, 5.41) is 14.2. The van der Waals surface area contributed by atoms with E-state index in [9.17, 15) is 24.5 Å². The molecule has 0 unspecified atom stereocenters. The third-order valence-corrected chi connectivity index (χ3v) is 6.02. The largest absolute Gasteiger partial charge is 0.352 e. The van der Waals surface area contributed by atoms with Gasteiger partial charge in [-0.2, -0.15) is 0 Å². The van der Waals surface area contributed by atoms with Crippen molar-refractivity contribution in [3.8, 4) is 0 Å². The molecule has 0 aliphatic heterocycles. The van der Waals surface area contributed by atoms with Crippen molar-refractivity contribution >= 4 is 22.5 Å². The molecule has 0 saturated carbocycles. The van der Waals surface area contributed by atoms with Crippen LogP contribution in [0.4, 0.5) is 5.69 Å². The van der Waals surface area contributed by atoms with Gasteiger partial charge in [-0.15, -0.1) is 0 Å². The predicted molar refractivity (Wildman–Crippen MR) is 137 cm³/mol. The van der Waals surface area contributed by atoms with Gasteiger partial charge >= 0.3 is 5.69 Å². The number of amides is 1. The van der Waals surface area contributed by atoms with Gasteiger partial charge in [0.1, 0.15) is 0 Å². The number of nitro benzene ring substituents is 1. The van der Waals surface area contributed by atoms with Crippen LogP contribution in [0, 0.1) is 17.0 Å². The van der Waals surface area contributed by atoms with Crippen LogP contribution in [0.1, 0.15) is 29.5 Å². The molecule has 4 rings (SSSR count). The summed E-state index contributed by atoms with van der Waals surface area (Å²) in [5.41, 5.74) is 2.37. The molecule has 184 valence electrons. The second-order valence-corrected chi connectivity index (χ2v) is 8.63. The number of fused-ring (bicyclic) bond motifs is 1. The molecule has 1 heterocycles. The van der Waals surface area contributed by atoms with Crippen LogP contribution >= 0.6 is 0 Å². The van der Waals surface area contributed by atoms with Gasteiger partial charge in [0.25, 0.3) is 11.2 Å². The van der Waals surface area contributed by atoms with Crippen LogP contribution in [-0.2, 0) is 24.4 Å². The molecule has 9 heteroatoms. The van der Waals surface area contributed by atoms with E-state index in [0.717, 1.165) is 15.7 Å². The van der Waals surface area contributed by atoms with Crippen LogP contribution in [-0.4, -0.2) is 20.0 Å². The normalized spacial score (nSPS) is 10.9. The number of hydrogen-bond donors (Lipinski definition) is 1. The molecule has 1 aromatic heterocycles. The van der Waals surface area contributed by atoms with Crippen molar-refractivity contribution in [1.82, 2.24) is 14.5 Å². The van der Waals surface area contributed by atoms with Gasteiger partial charge in [0.15, 0.2) is 0 Å². The van der Waals surface area contributed by atoms with Crippen molar-refractivity contribution in [3.05, 3.63) is 120 Å². The van der Waals surface area contributed by atoms with Gasteiger partial charge in [-0.05, 0) is 36.6 Å². The minimum Gasteiger partial charge on any atom is -0.352 e. The van der Waals surface area contributed by atoms with E-state index in [0.29, 0.717) is 29.4 Å². The fourth-order valence-corrected chi connectivity index (χ4v) is 4.02. The lowest BCUT2D eigenvalue weighted by Crippen LogP contribution is -2.40. The summed E-state index contributed by atoms with van der Waals surface area (Å²) in [4.78, 5) is 49.1. The Morgan fingerprint density at radius 3 is 2.28 bits per heavy atom. The Labute approximate surface area is 206 Å². The van der Waals surface area contributed by atoms with Crippen molar-refractivity contribution < 1.29 is 9.72 Å². The number of carbonyl (C=O) groups is 1. The molecule has 4 aromatic rings. The van der Waals surface area contributed by atoms with E-state index >= 15 is 0 Å². The zero-order valence-corrected chi connectivity index (χ0v) is 19.8. The summed E-state index contributed by atoms with van der Waals surface area (Å²) in [6.07, 6.45) is 0.498. The van der Waals surface area contributed by atoms with Gasteiger partial charge in [-0.1, -0.05) is 54.1 Å². The Morgan fingerprint density at radius 1 is 0.917 bits per heavy atom. The lowest BCUT2D eigenvalue weighted by atomic mass is 10.1. The van der Waals surface area contributed by atoms with Crippen LogP contribution in [0.15, 0.2) is 82.4 Å². The second-order valence-electron chi connectivity index (χ2n) is 8.63. The monoisotopic (exact) mass is 486 g/mol. The Morgan fingerprint density at radius 2 is 1.58 bits per heavy atom. The zero-order valence-electron chi connectivity index (χ0n) is 19.8. The summed E-state index contributed by atoms with van der Waals surface area (Å²) in [6, 6.07) is 20.7. The minimum absolute atomic E-state index is 0.0402. The Kier molecular flexibility index (Phi) is 7.39. The maximum atomic E-state index is 13.3. The third-order valence-electron chi connectivity index (χ3n) is 6.02. The fourth-order valence-electron chi connectivity index (χ4n) is 4.02. The van der Waals surface area contributed by atoms with Crippen LogP contribution in [0.25, 0.3) is 10.9 Å². The first-order chi connectivity index (χ1) is 17.3. The number of non-ortho nitro benzene ring substituents is 1. The van der Waals surface area contributed by atoms with Crippen molar-refractivity contribution in [2.75, 3.05) is 0 Å². The highest BCUT2D eigenvalue weighted by atomic mass is 16.6. The molecule has 0 radical (unpaired) electrons. The van der Waals surface area contributed by atoms with Gasteiger partial charge in [0.2, 0.25) is 5.91 Å². The Bertz CT molecular complexity index is 1520. The highest BCUT2D eigenvalue weighted by Crippen LogP contribution is 2.15. The molecule has 0 atom stereocenters. The molecule has 9 nitrogen and oxygen atoms in total. The molecule has 3 aromatic carbocycles. The number of carbonyl (C=O) groups excluding carboxylic acids is 1. The van der Waals surface area contributed by atoms with Crippen molar-refractivity contribution in [3.63, 3.8) is 0 Å². The van der Waals surface area contributed by atoms with E-state index in [1.165, 1.54) is 16.7 Å². The minimum atomic E-state index is -0.489. The summed E-state index contributed by atoms with van der Waals surface area (Å²) >= 11 is 0. The van der Waals surface area contributed by atoms with Gasteiger partial charge in [-0.3, -0.25) is 28.8 Å². The van der Waals surface area contributed by atoms with E-state index in [4.69, 9.17) is 0 Å². The standard InChI is InChI=1S/C27H26N4O5/c1-19-8-10-20(11-9-19)17-28-25(32)7-4-16-29-26(33)23-5-2-3-6-24(23)30(27(29)34)18-21-12-14-22(15-13-21)31(35)36/h2-3,5-6,8-15H,4,7,16-18H2,1H3,(H,28,32). The predicted octanol–water partition coefficient (Wildman–Crippen LogP) is 3.52. The Hall–Kier alpha value is -4.53. The second kappa shape index (κ2) is 10.8. The van der Waals surface area contributed by atoms with E-state index < -0.39 is 16.2 Å². The average Bonchev–Trinajstić information content (AvgIpc) is 2.88. The number of nitro groups is 1. The van der Waals surface area contributed by atoms with E-state index in [1.807, 2.05) is 31.2 Å². The van der Waals surface area contributed by atoms with Crippen LogP contribution in [0.2, 0.25) is 0 Å². The quantitative estimate of drug-likeness (QED) is 0.287. The maximum absolute atomic E-state index is 13.3. The SMILES string of the molecule is Cc1ccc(CNC(=O)CCCn2c(=O)c3ccccc3n(Cc3ccc([N+](=O)[O-])cc3)c2=O)cc1. The number of nitrogens with zero attached hydrogens (tertiary/aromatic N) is 3. The molecule has 1 N–H and O–H groups in total. The number of aromatic nitrogens is 2. The van der Waals surface area contributed by atoms with E-state index in [2.05, 4.69) is 5.32 Å². The van der Waals surface area contributed by atoms with Crippen LogP contribution < -0.4 is 16.6 Å². The van der Waals surface area contributed by atoms with Gasteiger partial charge < -0.3 is 5.32 Å². The molecule has 0 spiro atoms. The molecule has 36 heavy (non-hydrogen) atoms. The first-order valence-electron chi connectivity index (χ1n) is 11.6. The Balaban J connectivity index is 1.51. The molecule has 0 aliphatic carbocycles. The van der Waals surface area contributed by atoms with Crippen molar-refractivity contribution in [2.24, 2.45) is 0 Å². The zero-order chi connectivity index (χ0) is 25.7. The highest BCUT2D eigenvalue weighted by Gasteiger charge is 2.14. The summed E-state index contributed by atoms with van der Waals surface area (Å²) in [6.45, 7) is 2.66. The number of para-hydroxylation sites is 1. The lowest BCUT2D eigenvalue weighted by Gasteiger charge is -2.14. The third kappa shape index (κ3) is 5.57. The smallest absolute Gasteiger partial charge is 0.331 e. The van der Waals surface area contributed by atoms with Crippen LogP contribution in [0.5, 0.6) is 0 Å². The number of benzene rings is 3. The summed E-state index contributed by atoms with van der Waals surface area (Å²) in [7, 11) is 0. The molecular formula is C27H26N4O5. The molecule has 0 bridgehead atoms. The lowest BCUT2D eigenvalue weighted by molar-refractivity contribution is -0.384. The first kappa shape index (κ1) is 24.6.